The molecule has 0 N–H and O–H groups in total. The standard InChI is InChI=1S/C31H20N2O2/c1-2-6-27-22(5-1)24-16-30-25(17-29(24)34-27)23-15-21(12-13-28(23)35-30)19-8-10-20(11-9-19)26-18-33-14-4-3-7-31(33)32-26/h2-4,6-18H,1,5H2. The lowest BCUT2D eigenvalue weighted by Crippen LogP contribution is -1.88. The predicted molar refractivity (Wildman–Crippen MR) is 140 cm³/mol. The maximum absolute atomic E-state index is 6.25. The number of aryl methyl sites for hydroxylation is 1. The van der Waals surface area contributed by atoms with Crippen LogP contribution in [0.3, 0.4) is 0 Å². The van der Waals surface area contributed by atoms with Crippen molar-refractivity contribution in [1.82, 2.24) is 9.38 Å². The molecule has 4 heteroatoms. The molecule has 0 spiro atoms. The number of allylic oxidation sites excluding steroid dienone is 1. The lowest BCUT2D eigenvalue weighted by Gasteiger charge is -2.03. The first-order valence-electron chi connectivity index (χ1n) is 11.9. The van der Waals surface area contributed by atoms with Gasteiger partial charge in [0.1, 0.15) is 28.2 Å². The van der Waals surface area contributed by atoms with Gasteiger partial charge in [-0.2, -0.15) is 0 Å². The number of fused-ring (bicyclic) bond motifs is 7. The zero-order chi connectivity index (χ0) is 22.9. The molecule has 0 fully saturated rings. The Morgan fingerprint density at radius 1 is 0.714 bits per heavy atom. The number of nitrogens with zero attached hydrogens (tertiary/aromatic N) is 2. The number of imidazole rings is 1. The van der Waals surface area contributed by atoms with Crippen molar-refractivity contribution >= 4 is 44.6 Å². The zero-order valence-electron chi connectivity index (χ0n) is 18.9. The molecule has 0 atom stereocenters. The second-order valence-corrected chi connectivity index (χ2v) is 9.21. The number of hydrogen-bond donors (Lipinski definition) is 0. The van der Waals surface area contributed by atoms with Gasteiger partial charge >= 0.3 is 0 Å². The highest BCUT2D eigenvalue weighted by Crippen LogP contribution is 2.38. The predicted octanol–water partition coefficient (Wildman–Crippen LogP) is 8.27. The maximum atomic E-state index is 6.25. The van der Waals surface area contributed by atoms with E-state index in [1.165, 1.54) is 10.9 Å². The number of rotatable bonds is 2. The van der Waals surface area contributed by atoms with Crippen LogP contribution in [0.1, 0.15) is 17.7 Å². The first kappa shape index (κ1) is 18.8. The molecular weight excluding hydrogens is 432 g/mol. The van der Waals surface area contributed by atoms with Crippen LogP contribution in [0, 0.1) is 0 Å². The van der Waals surface area contributed by atoms with Gasteiger partial charge in [0.2, 0.25) is 0 Å². The summed E-state index contributed by atoms with van der Waals surface area (Å²) in [4.78, 5) is 4.74. The largest absolute Gasteiger partial charge is 0.456 e. The molecule has 8 rings (SSSR count). The van der Waals surface area contributed by atoms with E-state index in [4.69, 9.17) is 13.8 Å². The van der Waals surface area contributed by atoms with Gasteiger partial charge in [0.15, 0.2) is 0 Å². The number of hydrogen-bond acceptors (Lipinski definition) is 3. The van der Waals surface area contributed by atoms with Gasteiger partial charge < -0.3 is 13.2 Å². The van der Waals surface area contributed by atoms with E-state index in [0.717, 1.165) is 74.2 Å². The molecular formula is C31H20N2O2. The summed E-state index contributed by atoms with van der Waals surface area (Å²) in [7, 11) is 0. The topological polar surface area (TPSA) is 43.6 Å². The fourth-order valence-corrected chi connectivity index (χ4v) is 5.33. The quantitative estimate of drug-likeness (QED) is 0.265. The smallest absolute Gasteiger partial charge is 0.137 e. The molecule has 4 nitrogen and oxygen atoms in total. The molecule has 0 aliphatic heterocycles. The summed E-state index contributed by atoms with van der Waals surface area (Å²) in [6.07, 6.45) is 10.4. The highest BCUT2D eigenvalue weighted by Gasteiger charge is 2.18. The van der Waals surface area contributed by atoms with Crippen LogP contribution in [-0.4, -0.2) is 9.38 Å². The normalized spacial score (nSPS) is 13.4. The molecule has 4 aromatic heterocycles. The first-order chi connectivity index (χ1) is 17.3. The Kier molecular flexibility index (Phi) is 3.74. The SMILES string of the molecule is C1=Cc2oc3cc4c(cc3c2CC1)oc1ccc(-c2ccc(-c3cn5ccccc5n3)cc2)cc14. The van der Waals surface area contributed by atoms with Crippen LogP contribution in [-0.2, 0) is 6.42 Å². The molecule has 166 valence electrons. The Bertz CT molecular complexity index is 1910. The van der Waals surface area contributed by atoms with Crippen molar-refractivity contribution in [2.45, 2.75) is 12.8 Å². The van der Waals surface area contributed by atoms with Gasteiger partial charge in [0, 0.05) is 39.7 Å². The molecule has 0 bridgehead atoms. The summed E-state index contributed by atoms with van der Waals surface area (Å²) in [6.45, 7) is 0. The van der Waals surface area contributed by atoms with Crippen molar-refractivity contribution in [2.75, 3.05) is 0 Å². The third kappa shape index (κ3) is 2.83. The van der Waals surface area contributed by atoms with E-state index in [2.05, 4.69) is 72.9 Å². The Hall–Kier alpha value is -4.57. The highest BCUT2D eigenvalue weighted by molar-refractivity contribution is 6.11. The van der Waals surface area contributed by atoms with Crippen LogP contribution < -0.4 is 0 Å². The van der Waals surface area contributed by atoms with E-state index in [-0.39, 0.29) is 0 Å². The monoisotopic (exact) mass is 452 g/mol. The van der Waals surface area contributed by atoms with Crippen molar-refractivity contribution in [3.63, 3.8) is 0 Å². The summed E-state index contributed by atoms with van der Waals surface area (Å²) >= 11 is 0. The Morgan fingerprint density at radius 3 is 2.43 bits per heavy atom. The molecule has 1 aliphatic rings. The lowest BCUT2D eigenvalue weighted by molar-refractivity contribution is 0.595. The van der Waals surface area contributed by atoms with Crippen molar-refractivity contribution in [1.29, 1.82) is 0 Å². The molecule has 0 radical (unpaired) electrons. The fourth-order valence-electron chi connectivity index (χ4n) is 5.33. The lowest BCUT2D eigenvalue weighted by atomic mass is 9.99. The molecule has 4 heterocycles. The molecule has 3 aromatic carbocycles. The molecule has 0 unspecified atom stereocenters. The molecule has 0 amide bonds. The van der Waals surface area contributed by atoms with E-state index in [9.17, 15) is 0 Å². The second-order valence-electron chi connectivity index (χ2n) is 9.21. The molecule has 0 saturated carbocycles. The van der Waals surface area contributed by atoms with E-state index in [1.54, 1.807) is 0 Å². The third-order valence-corrected chi connectivity index (χ3v) is 7.12. The van der Waals surface area contributed by atoms with E-state index in [1.807, 2.05) is 28.8 Å². The fraction of sp³-hybridized carbons (Fsp3) is 0.0645. The van der Waals surface area contributed by atoms with Gasteiger partial charge in [-0.15, -0.1) is 0 Å². The minimum absolute atomic E-state index is 0.895. The maximum Gasteiger partial charge on any atom is 0.137 e. The third-order valence-electron chi connectivity index (χ3n) is 7.12. The average molecular weight is 453 g/mol. The van der Waals surface area contributed by atoms with Gasteiger partial charge in [-0.25, -0.2) is 4.98 Å². The Morgan fingerprint density at radius 2 is 1.51 bits per heavy atom. The van der Waals surface area contributed by atoms with Crippen LogP contribution in [0.2, 0.25) is 0 Å². The molecule has 1 aliphatic carbocycles. The Balaban J connectivity index is 1.22. The number of benzene rings is 3. The van der Waals surface area contributed by atoms with Gasteiger partial charge in [-0.1, -0.05) is 42.5 Å². The number of pyridine rings is 1. The van der Waals surface area contributed by atoms with Crippen LogP contribution in [0.25, 0.3) is 67.0 Å². The van der Waals surface area contributed by atoms with Gasteiger partial charge in [0.25, 0.3) is 0 Å². The molecule has 0 saturated heterocycles. The van der Waals surface area contributed by atoms with Crippen LogP contribution in [0.4, 0.5) is 0 Å². The minimum atomic E-state index is 0.895. The summed E-state index contributed by atoms with van der Waals surface area (Å²) in [5.41, 5.74) is 9.36. The van der Waals surface area contributed by atoms with Gasteiger partial charge in [0.05, 0.1) is 5.69 Å². The minimum Gasteiger partial charge on any atom is -0.456 e. The summed E-state index contributed by atoms with van der Waals surface area (Å²) in [5, 5.41) is 3.36. The summed E-state index contributed by atoms with van der Waals surface area (Å²) in [5.74, 6) is 0.981. The Labute approximate surface area is 200 Å². The van der Waals surface area contributed by atoms with Crippen molar-refractivity contribution < 1.29 is 8.83 Å². The highest BCUT2D eigenvalue weighted by atomic mass is 16.3. The zero-order valence-corrected chi connectivity index (χ0v) is 18.9. The number of aromatic nitrogens is 2. The van der Waals surface area contributed by atoms with Crippen molar-refractivity contribution in [3.8, 4) is 22.4 Å². The second kappa shape index (κ2) is 6.97. The van der Waals surface area contributed by atoms with Crippen molar-refractivity contribution in [2.24, 2.45) is 0 Å². The summed E-state index contributed by atoms with van der Waals surface area (Å²) < 4.78 is 14.5. The van der Waals surface area contributed by atoms with E-state index >= 15 is 0 Å². The summed E-state index contributed by atoms with van der Waals surface area (Å²) in [6, 6.07) is 25.3. The van der Waals surface area contributed by atoms with Gasteiger partial charge in [-0.05, 0) is 66.4 Å². The van der Waals surface area contributed by atoms with Crippen LogP contribution in [0.5, 0.6) is 0 Å². The number of furan rings is 2. The average Bonchev–Trinajstić information content (AvgIpc) is 3.60. The first-order valence-corrected chi connectivity index (χ1v) is 11.9. The van der Waals surface area contributed by atoms with E-state index in [0.29, 0.717) is 0 Å². The van der Waals surface area contributed by atoms with Crippen molar-refractivity contribution in [3.05, 3.63) is 103 Å². The molecule has 35 heavy (non-hydrogen) atoms. The van der Waals surface area contributed by atoms with Gasteiger partial charge in [-0.3, -0.25) is 0 Å². The van der Waals surface area contributed by atoms with Crippen LogP contribution >= 0.6 is 0 Å². The van der Waals surface area contributed by atoms with Crippen LogP contribution in [0.15, 0.2) is 100 Å². The molecule has 7 aromatic rings. The van der Waals surface area contributed by atoms with E-state index < -0.39 is 0 Å².